The van der Waals surface area contributed by atoms with Crippen molar-refractivity contribution in [1.29, 1.82) is 0 Å². The summed E-state index contributed by atoms with van der Waals surface area (Å²) in [6, 6.07) is 1.57. The molecule has 0 spiro atoms. The molecular formula is C8H6ClNO3. The summed E-state index contributed by atoms with van der Waals surface area (Å²) in [4.78, 5) is 14.6. The number of halogens is 1. The number of aliphatic carboxylic acids is 1. The number of carboxylic acids is 1. The molecule has 0 aliphatic carbocycles. The van der Waals surface area contributed by atoms with Gasteiger partial charge in [-0.1, -0.05) is 11.6 Å². The van der Waals surface area contributed by atoms with Crippen LogP contribution in [0.5, 0.6) is 5.75 Å². The van der Waals surface area contributed by atoms with Gasteiger partial charge in [0.25, 0.3) is 0 Å². The quantitative estimate of drug-likeness (QED) is 0.737. The maximum atomic E-state index is 10.6. The van der Waals surface area contributed by atoms with E-state index in [0.29, 0.717) is 16.5 Å². The number of carboxylic acid groups (broad SMARTS) is 1. The number of hydrogen-bond acceptors (Lipinski definition) is 3. The highest BCUT2D eigenvalue weighted by molar-refractivity contribution is 6.32. The lowest BCUT2D eigenvalue weighted by atomic mass is 10.2. The van der Waals surface area contributed by atoms with Crippen LogP contribution in [-0.4, -0.2) is 22.2 Å². The largest absolute Gasteiger partial charge is 0.478 e. The van der Waals surface area contributed by atoms with Crippen LogP contribution in [0.2, 0.25) is 5.02 Å². The molecule has 0 fully saturated rings. The molecule has 0 amide bonds. The number of nitrogens with zero attached hydrogens (tertiary/aromatic N) is 1. The smallest absolute Gasteiger partial charge is 0.345 e. The van der Waals surface area contributed by atoms with Gasteiger partial charge in [-0.15, -0.1) is 0 Å². The third-order valence-electron chi connectivity index (χ3n) is 1.84. The van der Waals surface area contributed by atoms with Gasteiger partial charge in [0.05, 0.1) is 10.7 Å². The highest BCUT2D eigenvalue weighted by atomic mass is 35.5. The lowest BCUT2D eigenvalue weighted by Gasteiger charge is -2.03. The summed E-state index contributed by atoms with van der Waals surface area (Å²) in [7, 11) is 0. The molecule has 4 nitrogen and oxygen atoms in total. The molecule has 1 N–H and O–H groups in total. The molecule has 1 aromatic rings. The van der Waals surface area contributed by atoms with Crippen LogP contribution in [-0.2, 0) is 11.2 Å². The first-order valence-electron chi connectivity index (χ1n) is 3.71. The Kier molecular flexibility index (Phi) is 1.84. The third kappa shape index (κ3) is 1.33. The molecule has 1 unspecified atom stereocenters. The zero-order chi connectivity index (χ0) is 9.42. The summed E-state index contributed by atoms with van der Waals surface area (Å²) in [6.07, 6.45) is 0.974. The highest BCUT2D eigenvalue weighted by Crippen LogP contribution is 2.33. The van der Waals surface area contributed by atoms with Crippen molar-refractivity contribution in [3.05, 3.63) is 23.0 Å². The molecule has 0 bridgehead atoms. The molecule has 0 aromatic carbocycles. The minimum absolute atomic E-state index is 0.283. The number of ether oxygens (including phenoxy) is 1. The number of carbonyl (C=O) groups is 1. The zero-order valence-corrected chi connectivity index (χ0v) is 7.28. The minimum atomic E-state index is -0.992. The van der Waals surface area contributed by atoms with Gasteiger partial charge in [0, 0.05) is 12.6 Å². The third-order valence-corrected chi connectivity index (χ3v) is 2.14. The summed E-state index contributed by atoms with van der Waals surface area (Å²) >= 11 is 5.78. The number of hydrogen-bond donors (Lipinski definition) is 1. The second kappa shape index (κ2) is 2.88. The van der Waals surface area contributed by atoms with Crippen molar-refractivity contribution >= 4 is 17.6 Å². The molecule has 0 saturated heterocycles. The first kappa shape index (κ1) is 8.31. The van der Waals surface area contributed by atoms with Crippen molar-refractivity contribution in [2.45, 2.75) is 12.5 Å². The molecule has 5 heteroatoms. The van der Waals surface area contributed by atoms with Crippen LogP contribution >= 0.6 is 11.6 Å². The number of pyridine rings is 1. The van der Waals surface area contributed by atoms with Gasteiger partial charge in [-0.2, -0.15) is 0 Å². The standard InChI is InChI=1S/C8H6ClNO3/c9-4-1-2-10-5-3-6(8(11)12)13-7(4)5/h1-2,6H,3H2,(H,11,12). The van der Waals surface area contributed by atoms with Crippen molar-refractivity contribution in [3.63, 3.8) is 0 Å². The Bertz CT molecular complexity index is 366. The maximum absolute atomic E-state index is 10.6. The van der Waals surface area contributed by atoms with Crippen LogP contribution in [0.3, 0.4) is 0 Å². The van der Waals surface area contributed by atoms with E-state index >= 15 is 0 Å². The summed E-state index contributed by atoms with van der Waals surface area (Å²) < 4.78 is 5.11. The fraction of sp³-hybridized carbons (Fsp3) is 0.250. The summed E-state index contributed by atoms with van der Waals surface area (Å²) in [6.45, 7) is 0. The monoisotopic (exact) mass is 199 g/mol. The van der Waals surface area contributed by atoms with Crippen LogP contribution < -0.4 is 4.74 Å². The lowest BCUT2D eigenvalue weighted by molar-refractivity contribution is -0.144. The molecule has 1 atom stereocenters. The minimum Gasteiger partial charge on any atom is -0.478 e. The Morgan fingerprint density at radius 3 is 3.15 bits per heavy atom. The molecule has 0 radical (unpaired) electrons. The predicted octanol–water partition coefficient (Wildman–Crippen LogP) is 1.12. The van der Waals surface area contributed by atoms with E-state index in [2.05, 4.69) is 4.98 Å². The molecule has 1 aromatic heterocycles. The van der Waals surface area contributed by atoms with Crippen LogP contribution in [0.15, 0.2) is 12.3 Å². The van der Waals surface area contributed by atoms with E-state index in [1.807, 2.05) is 0 Å². The van der Waals surface area contributed by atoms with Crippen LogP contribution in [0.25, 0.3) is 0 Å². The molecule has 2 rings (SSSR count). The van der Waals surface area contributed by atoms with Gasteiger partial charge in [-0.3, -0.25) is 4.98 Å². The summed E-state index contributed by atoms with van der Waals surface area (Å²) in [5, 5.41) is 9.09. The molecule has 68 valence electrons. The first-order chi connectivity index (χ1) is 6.18. The van der Waals surface area contributed by atoms with Crippen molar-refractivity contribution in [2.75, 3.05) is 0 Å². The lowest BCUT2D eigenvalue weighted by Crippen LogP contribution is -2.24. The van der Waals surface area contributed by atoms with Gasteiger partial charge in [-0.25, -0.2) is 4.79 Å². The zero-order valence-electron chi connectivity index (χ0n) is 6.53. The van der Waals surface area contributed by atoms with Crippen molar-refractivity contribution in [2.24, 2.45) is 0 Å². The molecule has 1 aliphatic rings. The van der Waals surface area contributed by atoms with Gasteiger partial charge in [0.15, 0.2) is 5.75 Å². The predicted molar refractivity (Wildman–Crippen MR) is 45.0 cm³/mol. The van der Waals surface area contributed by atoms with E-state index in [4.69, 9.17) is 21.4 Å². The average Bonchev–Trinajstić information content (AvgIpc) is 2.49. The van der Waals surface area contributed by atoms with E-state index in [9.17, 15) is 4.79 Å². The molecule has 2 heterocycles. The molecule has 1 aliphatic heterocycles. The van der Waals surface area contributed by atoms with Crippen molar-refractivity contribution in [3.8, 4) is 5.75 Å². The number of fused-ring (bicyclic) bond motifs is 1. The van der Waals surface area contributed by atoms with Gasteiger partial charge in [-0.05, 0) is 6.07 Å². The van der Waals surface area contributed by atoms with Gasteiger partial charge >= 0.3 is 5.97 Å². The van der Waals surface area contributed by atoms with Crippen molar-refractivity contribution < 1.29 is 14.6 Å². The second-order valence-corrected chi connectivity index (χ2v) is 3.12. The second-order valence-electron chi connectivity index (χ2n) is 2.72. The highest BCUT2D eigenvalue weighted by Gasteiger charge is 2.31. The first-order valence-corrected chi connectivity index (χ1v) is 4.09. The van der Waals surface area contributed by atoms with Crippen LogP contribution in [0.1, 0.15) is 5.69 Å². The fourth-order valence-corrected chi connectivity index (χ4v) is 1.44. The Balaban J connectivity index is 2.35. The SMILES string of the molecule is O=C(O)C1Cc2nccc(Cl)c2O1. The average molecular weight is 200 g/mol. The van der Waals surface area contributed by atoms with Crippen LogP contribution in [0, 0.1) is 0 Å². The van der Waals surface area contributed by atoms with Gasteiger partial charge in [0.2, 0.25) is 6.10 Å². The topological polar surface area (TPSA) is 59.4 Å². The van der Waals surface area contributed by atoms with E-state index in [-0.39, 0.29) is 6.42 Å². The molecule has 13 heavy (non-hydrogen) atoms. The number of rotatable bonds is 1. The molecular weight excluding hydrogens is 194 g/mol. The Morgan fingerprint density at radius 2 is 2.54 bits per heavy atom. The van der Waals surface area contributed by atoms with Gasteiger partial charge < -0.3 is 9.84 Å². The normalized spacial score (nSPS) is 19.3. The Morgan fingerprint density at radius 1 is 1.77 bits per heavy atom. The Hall–Kier alpha value is -1.29. The Labute approximate surface area is 79.1 Å². The van der Waals surface area contributed by atoms with E-state index < -0.39 is 12.1 Å². The van der Waals surface area contributed by atoms with Crippen molar-refractivity contribution in [1.82, 2.24) is 4.98 Å². The summed E-state index contributed by atoms with van der Waals surface area (Å²) in [5.41, 5.74) is 0.611. The molecule has 0 saturated carbocycles. The van der Waals surface area contributed by atoms with Gasteiger partial charge in [0.1, 0.15) is 0 Å². The van der Waals surface area contributed by atoms with Crippen LogP contribution in [0.4, 0.5) is 0 Å². The number of aromatic nitrogens is 1. The summed E-state index contributed by atoms with van der Waals surface area (Å²) in [5.74, 6) is -0.592. The fourth-order valence-electron chi connectivity index (χ4n) is 1.23. The van der Waals surface area contributed by atoms with E-state index in [1.165, 1.54) is 6.20 Å². The van der Waals surface area contributed by atoms with E-state index in [0.717, 1.165) is 0 Å². The van der Waals surface area contributed by atoms with E-state index in [1.54, 1.807) is 6.07 Å². The maximum Gasteiger partial charge on any atom is 0.345 e.